The van der Waals surface area contributed by atoms with Crippen molar-refractivity contribution in [3.63, 3.8) is 0 Å². The third kappa shape index (κ3) is 2.00. The van der Waals surface area contributed by atoms with Crippen LogP contribution in [0.2, 0.25) is 0 Å². The van der Waals surface area contributed by atoms with Gasteiger partial charge in [-0.3, -0.25) is 4.98 Å². The minimum atomic E-state index is 1.05. The summed E-state index contributed by atoms with van der Waals surface area (Å²) in [4.78, 5) is 4.52. The van der Waals surface area contributed by atoms with Crippen molar-refractivity contribution in [2.45, 2.75) is 13.8 Å². The van der Waals surface area contributed by atoms with Gasteiger partial charge in [0.1, 0.15) is 0 Å². The molecule has 0 aliphatic rings. The molecule has 0 radical (unpaired) electrons. The molecule has 1 aromatic heterocycles. The van der Waals surface area contributed by atoms with Crippen molar-refractivity contribution in [1.82, 2.24) is 4.98 Å². The molecule has 2 aromatic carbocycles. The van der Waals surface area contributed by atoms with E-state index in [0.29, 0.717) is 0 Å². The van der Waals surface area contributed by atoms with Crippen LogP contribution in [-0.2, 0) is 0 Å². The van der Waals surface area contributed by atoms with Crippen LogP contribution in [0.3, 0.4) is 0 Å². The Hall–Kier alpha value is -2.15. The molecule has 0 saturated heterocycles. The second-order valence-electron chi connectivity index (χ2n) is 4.79. The molecule has 3 aromatic rings. The van der Waals surface area contributed by atoms with Gasteiger partial charge in [0, 0.05) is 17.1 Å². The minimum absolute atomic E-state index is 1.05. The van der Waals surface area contributed by atoms with Crippen molar-refractivity contribution in [1.29, 1.82) is 0 Å². The second-order valence-corrected chi connectivity index (χ2v) is 4.79. The molecule has 0 atom stereocenters. The van der Waals surface area contributed by atoms with Crippen molar-refractivity contribution >= 4 is 10.9 Å². The first kappa shape index (κ1) is 11.0. The van der Waals surface area contributed by atoms with Crippen LogP contribution < -0.4 is 0 Å². The van der Waals surface area contributed by atoms with E-state index in [1.165, 1.54) is 27.6 Å². The van der Waals surface area contributed by atoms with Crippen LogP contribution in [0.25, 0.3) is 22.0 Å². The van der Waals surface area contributed by atoms with Gasteiger partial charge in [-0.25, -0.2) is 0 Å². The summed E-state index contributed by atoms with van der Waals surface area (Å²) in [5.74, 6) is 0. The molecule has 88 valence electrons. The zero-order chi connectivity index (χ0) is 12.5. The molecule has 3 rings (SSSR count). The summed E-state index contributed by atoms with van der Waals surface area (Å²) >= 11 is 0. The Labute approximate surface area is 107 Å². The van der Waals surface area contributed by atoms with E-state index in [1.54, 1.807) is 0 Å². The number of nitrogens with zero attached hydrogens (tertiary/aromatic N) is 1. The SMILES string of the molecule is Cc1ccc(-c2cnc3ccc(C)cc3c2)cc1. The van der Waals surface area contributed by atoms with Crippen molar-refractivity contribution in [3.05, 3.63) is 65.9 Å². The second kappa shape index (κ2) is 4.26. The molecule has 0 fully saturated rings. The van der Waals surface area contributed by atoms with Gasteiger partial charge in [-0.05, 0) is 37.6 Å². The molecular formula is C17H15N. The van der Waals surface area contributed by atoms with E-state index in [0.717, 1.165) is 5.52 Å². The average molecular weight is 233 g/mol. The highest BCUT2D eigenvalue weighted by Crippen LogP contribution is 2.23. The molecule has 0 N–H and O–H groups in total. The Balaban J connectivity index is 2.15. The van der Waals surface area contributed by atoms with E-state index in [2.05, 4.69) is 67.4 Å². The number of benzene rings is 2. The molecule has 0 saturated carbocycles. The lowest BCUT2D eigenvalue weighted by Crippen LogP contribution is -1.84. The fraction of sp³-hybridized carbons (Fsp3) is 0.118. The highest BCUT2D eigenvalue weighted by Gasteiger charge is 2.01. The Morgan fingerprint density at radius 1 is 0.722 bits per heavy atom. The van der Waals surface area contributed by atoms with E-state index in [-0.39, 0.29) is 0 Å². The minimum Gasteiger partial charge on any atom is -0.256 e. The molecule has 0 unspecified atom stereocenters. The lowest BCUT2D eigenvalue weighted by molar-refractivity contribution is 1.39. The molecule has 0 aliphatic heterocycles. The fourth-order valence-corrected chi connectivity index (χ4v) is 2.15. The first-order chi connectivity index (χ1) is 8.72. The summed E-state index contributed by atoms with van der Waals surface area (Å²) in [6.07, 6.45) is 1.95. The van der Waals surface area contributed by atoms with Crippen molar-refractivity contribution in [2.75, 3.05) is 0 Å². The van der Waals surface area contributed by atoms with Crippen LogP contribution in [0.5, 0.6) is 0 Å². The van der Waals surface area contributed by atoms with Crippen LogP contribution in [0.4, 0.5) is 0 Å². The number of rotatable bonds is 1. The van der Waals surface area contributed by atoms with Crippen LogP contribution in [0, 0.1) is 13.8 Å². The number of hydrogen-bond donors (Lipinski definition) is 0. The molecular weight excluding hydrogens is 218 g/mol. The van der Waals surface area contributed by atoms with Crippen LogP contribution in [-0.4, -0.2) is 4.98 Å². The van der Waals surface area contributed by atoms with Crippen molar-refractivity contribution < 1.29 is 0 Å². The molecule has 1 heterocycles. The first-order valence-electron chi connectivity index (χ1n) is 6.16. The number of aryl methyl sites for hydroxylation is 2. The maximum Gasteiger partial charge on any atom is 0.0702 e. The Bertz CT molecular complexity index is 696. The summed E-state index contributed by atoms with van der Waals surface area (Å²) in [6.45, 7) is 4.21. The number of pyridine rings is 1. The van der Waals surface area contributed by atoms with Crippen LogP contribution >= 0.6 is 0 Å². The average Bonchev–Trinajstić information content (AvgIpc) is 2.38. The van der Waals surface area contributed by atoms with Gasteiger partial charge in [0.05, 0.1) is 5.52 Å². The summed E-state index contributed by atoms with van der Waals surface area (Å²) in [5.41, 5.74) is 6.00. The monoisotopic (exact) mass is 233 g/mol. The quantitative estimate of drug-likeness (QED) is 0.602. The third-order valence-corrected chi connectivity index (χ3v) is 3.22. The van der Waals surface area contributed by atoms with Gasteiger partial charge in [0.25, 0.3) is 0 Å². The van der Waals surface area contributed by atoms with Gasteiger partial charge >= 0.3 is 0 Å². The zero-order valence-electron chi connectivity index (χ0n) is 10.6. The van der Waals surface area contributed by atoms with Crippen LogP contribution in [0.15, 0.2) is 54.7 Å². The topological polar surface area (TPSA) is 12.9 Å². The van der Waals surface area contributed by atoms with E-state index in [1.807, 2.05) is 6.20 Å². The molecule has 0 spiro atoms. The number of aromatic nitrogens is 1. The van der Waals surface area contributed by atoms with E-state index in [9.17, 15) is 0 Å². The van der Waals surface area contributed by atoms with Gasteiger partial charge in [-0.1, -0.05) is 41.5 Å². The largest absolute Gasteiger partial charge is 0.256 e. The van der Waals surface area contributed by atoms with Crippen molar-refractivity contribution in [3.8, 4) is 11.1 Å². The van der Waals surface area contributed by atoms with E-state index >= 15 is 0 Å². The molecule has 0 amide bonds. The molecule has 0 bridgehead atoms. The lowest BCUT2D eigenvalue weighted by atomic mass is 10.0. The number of fused-ring (bicyclic) bond motifs is 1. The highest BCUT2D eigenvalue weighted by atomic mass is 14.6. The predicted octanol–water partition coefficient (Wildman–Crippen LogP) is 4.52. The normalized spacial score (nSPS) is 10.8. The summed E-state index contributed by atoms with van der Waals surface area (Å²) in [7, 11) is 0. The van der Waals surface area contributed by atoms with E-state index < -0.39 is 0 Å². The molecule has 0 aliphatic carbocycles. The Kier molecular flexibility index (Phi) is 2.60. The fourth-order valence-electron chi connectivity index (χ4n) is 2.15. The van der Waals surface area contributed by atoms with E-state index in [4.69, 9.17) is 0 Å². The maximum absolute atomic E-state index is 4.52. The predicted molar refractivity (Wildman–Crippen MR) is 76.7 cm³/mol. The van der Waals surface area contributed by atoms with Gasteiger partial charge < -0.3 is 0 Å². The smallest absolute Gasteiger partial charge is 0.0702 e. The van der Waals surface area contributed by atoms with Gasteiger partial charge in [-0.2, -0.15) is 0 Å². The van der Waals surface area contributed by atoms with Crippen LogP contribution in [0.1, 0.15) is 11.1 Å². The first-order valence-corrected chi connectivity index (χ1v) is 6.16. The zero-order valence-corrected chi connectivity index (χ0v) is 10.6. The van der Waals surface area contributed by atoms with Gasteiger partial charge in [0.15, 0.2) is 0 Å². The number of hydrogen-bond acceptors (Lipinski definition) is 1. The Morgan fingerprint density at radius 3 is 2.22 bits per heavy atom. The lowest BCUT2D eigenvalue weighted by Gasteiger charge is -2.04. The summed E-state index contributed by atoms with van der Waals surface area (Å²) < 4.78 is 0. The molecule has 1 nitrogen and oxygen atoms in total. The Morgan fingerprint density at radius 2 is 1.44 bits per heavy atom. The summed E-state index contributed by atoms with van der Waals surface area (Å²) in [6, 6.07) is 17.1. The maximum atomic E-state index is 4.52. The third-order valence-electron chi connectivity index (χ3n) is 3.22. The highest BCUT2D eigenvalue weighted by molar-refractivity contribution is 5.84. The summed E-state index contributed by atoms with van der Waals surface area (Å²) in [5, 5.41) is 1.20. The molecule has 1 heteroatoms. The van der Waals surface area contributed by atoms with Gasteiger partial charge in [-0.15, -0.1) is 0 Å². The van der Waals surface area contributed by atoms with Gasteiger partial charge in [0.2, 0.25) is 0 Å². The van der Waals surface area contributed by atoms with Crippen molar-refractivity contribution in [2.24, 2.45) is 0 Å². The molecule has 18 heavy (non-hydrogen) atoms. The standard InChI is InChI=1S/C17H15N/c1-12-3-6-14(7-4-12)16-10-15-9-13(2)5-8-17(15)18-11-16/h3-11H,1-2H3.